The molecule has 94 valence electrons. The molecule has 1 aromatic carbocycles. The van der Waals surface area contributed by atoms with Crippen LogP contribution in [0.5, 0.6) is 0 Å². The fourth-order valence-electron chi connectivity index (χ4n) is 2.26. The number of hydrogen-bond acceptors (Lipinski definition) is 2. The molecule has 2 rings (SSSR count). The molecule has 1 nitrogen and oxygen atoms in total. The van der Waals surface area contributed by atoms with E-state index in [4.69, 9.17) is 0 Å². The van der Waals surface area contributed by atoms with Crippen LogP contribution in [0.2, 0.25) is 0 Å². The maximum absolute atomic E-state index is 13.1. The number of nitrogens with one attached hydrogen (secondary N) is 1. The van der Waals surface area contributed by atoms with Gasteiger partial charge in [-0.15, -0.1) is 11.8 Å². The molecule has 0 saturated heterocycles. The van der Waals surface area contributed by atoms with E-state index >= 15 is 0 Å². The molecule has 0 bridgehead atoms. The third kappa shape index (κ3) is 3.42. The molecule has 1 aliphatic carbocycles. The van der Waals surface area contributed by atoms with Crippen molar-refractivity contribution in [1.82, 2.24) is 5.32 Å². The van der Waals surface area contributed by atoms with Crippen molar-refractivity contribution >= 4 is 11.8 Å². The van der Waals surface area contributed by atoms with Gasteiger partial charge in [0.15, 0.2) is 11.6 Å². The Morgan fingerprint density at radius 1 is 1.24 bits per heavy atom. The standard InChI is InChI=1S/C13H17F2NS/c1-16-9-3-2-4-10(7-9)17-11-5-6-12(14)13(15)8-11/h5-6,8-10,16H,2-4,7H2,1H3. The van der Waals surface area contributed by atoms with Gasteiger partial charge in [0, 0.05) is 16.2 Å². The molecule has 0 radical (unpaired) electrons. The third-order valence-corrected chi connectivity index (χ3v) is 4.52. The molecule has 1 aliphatic rings. The largest absolute Gasteiger partial charge is 0.317 e. The monoisotopic (exact) mass is 257 g/mol. The number of hydrogen-bond donors (Lipinski definition) is 1. The van der Waals surface area contributed by atoms with Crippen LogP contribution in [-0.4, -0.2) is 18.3 Å². The van der Waals surface area contributed by atoms with Gasteiger partial charge in [-0.2, -0.15) is 0 Å². The van der Waals surface area contributed by atoms with Crippen molar-refractivity contribution in [2.45, 2.75) is 41.9 Å². The Bertz CT molecular complexity index is 384. The van der Waals surface area contributed by atoms with Crippen molar-refractivity contribution in [1.29, 1.82) is 0 Å². The predicted octanol–water partition coefficient (Wildman–Crippen LogP) is 3.59. The van der Waals surface area contributed by atoms with Crippen LogP contribution in [-0.2, 0) is 0 Å². The van der Waals surface area contributed by atoms with Gasteiger partial charge in [0.2, 0.25) is 0 Å². The van der Waals surface area contributed by atoms with Gasteiger partial charge in [-0.1, -0.05) is 6.42 Å². The molecule has 1 fully saturated rings. The number of halogens is 2. The smallest absolute Gasteiger partial charge is 0.159 e. The van der Waals surface area contributed by atoms with E-state index in [1.165, 1.54) is 25.0 Å². The van der Waals surface area contributed by atoms with E-state index in [0.29, 0.717) is 11.3 Å². The van der Waals surface area contributed by atoms with Crippen LogP contribution in [0.25, 0.3) is 0 Å². The summed E-state index contributed by atoms with van der Waals surface area (Å²) < 4.78 is 25.9. The van der Waals surface area contributed by atoms with Crippen LogP contribution in [0.1, 0.15) is 25.7 Å². The van der Waals surface area contributed by atoms with Gasteiger partial charge < -0.3 is 5.32 Å². The molecule has 0 aliphatic heterocycles. The average molecular weight is 257 g/mol. The summed E-state index contributed by atoms with van der Waals surface area (Å²) in [5.74, 6) is -1.53. The summed E-state index contributed by atoms with van der Waals surface area (Å²) in [6.07, 6.45) is 4.67. The van der Waals surface area contributed by atoms with Crippen LogP contribution in [0.4, 0.5) is 8.78 Å². The van der Waals surface area contributed by atoms with Gasteiger partial charge in [-0.05, 0) is 44.5 Å². The van der Waals surface area contributed by atoms with E-state index in [1.807, 2.05) is 7.05 Å². The normalized spacial score (nSPS) is 24.9. The van der Waals surface area contributed by atoms with Gasteiger partial charge >= 0.3 is 0 Å². The van der Waals surface area contributed by atoms with Crippen LogP contribution < -0.4 is 5.32 Å². The molecule has 2 atom stereocenters. The lowest BCUT2D eigenvalue weighted by atomic mass is 9.95. The first-order chi connectivity index (χ1) is 8.19. The van der Waals surface area contributed by atoms with E-state index in [9.17, 15) is 8.78 Å². The highest BCUT2D eigenvalue weighted by atomic mass is 32.2. The van der Waals surface area contributed by atoms with E-state index in [0.717, 1.165) is 17.7 Å². The van der Waals surface area contributed by atoms with E-state index in [1.54, 1.807) is 17.8 Å². The van der Waals surface area contributed by atoms with Crippen molar-refractivity contribution in [3.63, 3.8) is 0 Å². The molecule has 0 heterocycles. The molecular formula is C13H17F2NS. The van der Waals surface area contributed by atoms with E-state index < -0.39 is 11.6 Å². The van der Waals surface area contributed by atoms with Crippen LogP contribution in [0.3, 0.4) is 0 Å². The maximum atomic E-state index is 13.1. The van der Waals surface area contributed by atoms with Crippen molar-refractivity contribution in [3.8, 4) is 0 Å². The van der Waals surface area contributed by atoms with Crippen LogP contribution in [0, 0.1) is 11.6 Å². The summed E-state index contributed by atoms with van der Waals surface area (Å²) in [5, 5.41) is 3.80. The zero-order valence-corrected chi connectivity index (χ0v) is 10.7. The highest BCUT2D eigenvalue weighted by Gasteiger charge is 2.21. The second kappa shape index (κ2) is 5.83. The lowest BCUT2D eigenvalue weighted by Crippen LogP contribution is -2.32. The summed E-state index contributed by atoms with van der Waals surface area (Å²) in [4.78, 5) is 0.825. The fourth-order valence-corrected chi connectivity index (χ4v) is 3.57. The van der Waals surface area contributed by atoms with Crippen LogP contribution in [0.15, 0.2) is 23.1 Å². The quantitative estimate of drug-likeness (QED) is 0.888. The van der Waals surface area contributed by atoms with Crippen molar-refractivity contribution in [3.05, 3.63) is 29.8 Å². The second-order valence-electron chi connectivity index (χ2n) is 4.47. The SMILES string of the molecule is CNC1CCCC(Sc2ccc(F)c(F)c2)C1. The van der Waals surface area contributed by atoms with Crippen molar-refractivity contribution in [2.24, 2.45) is 0 Å². The van der Waals surface area contributed by atoms with Crippen molar-refractivity contribution in [2.75, 3.05) is 7.05 Å². The Hall–Kier alpha value is -0.610. The van der Waals surface area contributed by atoms with E-state index in [2.05, 4.69) is 5.32 Å². The minimum absolute atomic E-state index is 0.506. The Morgan fingerprint density at radius 3 is 2.76 bits per heavy atom. The minimum atomic E-state index is -0.772. The number of thioether (sulfide) groups is 1. The maximum Gasteiger partial charge on any atom is 0.159 e. The Morgan fingerprint density at radius 2 is 2.06 bits per heavy atom. The van der Waals surface area contributed by atoms with Crippen LogP contribution >= 0.6 is 11.8 Å². The van der Waals surface area contributed by atoms with Gasteiger partial charge in [0.05, 0.1) is 0 Å². The molecule has 0 amide bonds. The second-order valence-corrected chi connectivity index (χ2v) is 5.84. The molecule has 1 N–H and O–H groups in total. The lowest BCUT2D eigenvalue weighted by molar-refractivity contribution is 0.402. The van der Waals surface area contributed by atoms with Crippen molar-refractivity contribution < 1.29 is 8.78 Å². The predicted molar refractivity (Wildman–Crippen MR) is 67.3 cm³/mol. The summed E-state index contributed by atoms with van der Waals surface area (Å²) in [6, 6.07) is 4.72. The summed E-state index contributed by atoms with van der Waals surface area (Å²) in [5.41, 5.74) is 0. The van der Waals surface area contributed by atoms with Gasteiger partial charge in [-0.25, -0.2) is 8.78 Å². The topological polar surface area (TPSA) is 12.0 Å². The highest BCUT2D eigenvalue weighted by Crippen LogP contribution is 2.34. The molecular weight excluding hydrogens is 240 g/mol. The highest BCUT2D eigenvalue weighted by molar-refractivity contribution is 8.00. The average Bonchev–Trinajstić information content (AvgIpc) is 2.34. The Kier molecular flexibility index (Phi) is 4.40. The minimum Gasteiger partial charge on any atom is -0.317 e. The zero-order valence-electron chi connectivity index (χ0n) is 9.88. The Labute approximate surface area is 105 Å². The number of rotatable bonds is 3. The first-order valence-corrected chi connectivity index (χ1v) is 6.86. The number of benzene rings is 1. The molecule has 17 heavy (non-hydrogen) atoms. The molecule has 2 unspecified atom stereocenters. The molecule has 0 spiro atoms. The van der Waals surface area contributed by atoms with Gasteiger partial charge in [0.25, 0.3) is 0 Å². The molecule has 1 saturated carbocycles. The van der Waals surface area contributed by atoms with Gasteiger partial charge in [0.1, 0.15) is 0 Å². The molecule has 4 heteroatoms. The first kappa shape index (κ1) is 12.8. The van der Waals surface area contributed by atoms with E-state index in [-0.39, 0.29) is 0 Å². The lowest BCUT2D eigenvalue weighted by Gasteiger charge is -2.28. The first-order valence-electron chi connectivity index (χ1n) is 5.98. The van der Waals surface area contributed by atoms with Gasteiger partial charge in [-0.3, -0.25) is 0 Å². The summed E-state index contributed by atoms with van der Waals surface area (Å²) in [6.45, 7) is 0. The summed E-state index contributed by atoms with van der Waals surface area (Å²) in [7, 11) is 1.98. The fraction of sp³-hybridized carbons (Fsp3) is 0.538. The summed E-state index contributed by atoms with van der Waals surface area (Å²) >= 11 is 1.66. The molecule has 1 aromatic rings. The Balaban J connectivity index is 1.97. The zero-order chi connectivity index (χ0) is 12.3. The molecule has 0 aromatic heterocycles. The third-order valence-electron chi connectivity index (χ3n) is 3.23.